The Bertz CT molecular complexity index is 213. The summed E-state index contributed by atoms with van der Waals surface area (Å²) < 4.78 is 2.14. The van der Waals surface area contributed by atoms with Crippen LogP contribution in [0.1, 0.15) is 10.4 Å². The van der Waals surface area contributed by atoms with Gasteiger partial charge < -0.3 is 5.11 Å². The topological polar surface area (TPSA) is 50.2 Å². The van der Waals surface area contributed by atoms with E-state index < -0.39 is 5.97 Å². The zero-order chi connectivity index (χ0) is 8.69. The third-order valence-electron chi connectivity index (χ3n) is 0.908. The molecule has 1 aromatic rings. The number of hydrogen-bond donors (Lipinski definition) is 1. The average Bonchev–Trinajstić information content (AvgIpc) is 2.10. The summed E-state index contributed by atoms with van der Waals surface area (Å²) in [7, 11) is 0. The van der Waals surface area contributed by atoms with Gasteiger partial charge in [-0.3, -0.25) is 4.98 Å². The third-order valence-corrected chi connectivity index (χ3v) is 0.908. The van der Waals surface area contributed by atoms with E-state index >= 15 is 0 Å². The predicted molar refractivity (Wildman–Crippen MR) is 42.8 cm³/mol. The van der Waals surface area contributed by atoms with Gasteiger partial charge in [-0.1, -0.05) is 0 Å². The van der Waals surface area contributed by atoms with E-state index in [4.69, 9.17) is 5.11 Å². The van der Waals surface area contributed by atoms with Crippen LogP contribution >= 0.6 is 0 Å². The fourth-order valence-electron chi connectivity index (χ4n) is 0.489. The Hall–Kier alpha value is -0.380. The van der Waals surface area contributed by atoms with Crippen LogP contribution < -0.4 is 0 Å². The van der Waals surface area contributed by atoms with Gasteiger partial charge in [0.25, 0.3) is 0 Å². The van der Waals surface area contributed by atoms with Crippen molar-refractivity contribution < 1.29 is 9.90 Å². The van der Waals surface area contributed by atoms with Crippen molar-refractivity contribution in [3.63, 3.8) is 0 Å². The van der Waals surface area contributed by atoms with Gasteiger partial charge in [0.1, 0.15) is 0 Å². The first kappa shape index (κ1) is 10.6. The first-order valence-corrected chi connectivity index (χ1v) is 5.44. The zero-order valence-corrected chi connectivity index (χ0v) is 8.61. The molecule has 4 heteroatoms. The van der Waals surface area contributed by atoms with Crippen LogP contribution in [0.3, 0.4) is 0 Å². The van der Waals surface area contributed by atoms with Gasteiger partial charge in [0.2, 0.25) is 0 Å². The van der Waals surface area contributed by atoms with Gasteiger partial charge >= 0.3 is 38.1 Å². The number of pyridine rings is 1. The summed E-state index contributed by atoms with van der Waals surface area (Å²) in [4.78, 5) is 13.8. The van der Waals surface area contributed by atoms with Crippen LogP contribution in [0.25, 0.3) is 0 Å². The van der Waals surface area contributed by atoms with E-state index in [-0.39, 0.29) is 5.56 Å². The number of rotatable bonds is 1. The molecular formula is C7H8NNaO2. The van der Waals surface area contributed by atoms with E-state index in [1.165, 1.54) is 46.4 Å². The van der Waals surface area contributed by atoms with Crippen molar-refractivity contribution in [3.8, 4) is 0 Å². The summed E-state index contributed by atoms with van der Waals surface area (Å²) in [6.45, 7) is 0. The van der Waals surface area contributed by atoms with Crippen LogP contribution in [-0.4, -0.2) is 44.0 Å². The summed E-state index contributed by atoms with van der Waals surface area (Å²) in [6.07, 6.45) is 2.84. The van der Waals surface area contributed by atoms with Gasteiger partial charge in [0, 0.05) is 12.4 Å². The Morgan fingerprint density at radius 2 is 2.27 bits per heavy atom. The second-order valence-corrected chi connectivity index (χ2v) is 1.55. The number of aromatic nitrogens is 1. The molecule has 0 amide bonds. The summed E-state index contributed by atoms with van der Waals surface area (Å²) in [5.74, 6) is -0.942. The Morgan fingerprint density at radius 1 is 1.64 bits per heavy atom. The number of carboxylic acid groups (broad SMARTS) is 1. The normalized spacial score (nSPS) is 7.91. The van der Waals surface area contributed by atoms with E-state index in [1.807, 2.05) is 0 Å². The SMILES string of the molecule is O=C(O)c1cccnc1.[CH3][Na]. The number of nitrogens with zero attached hydrogens (tertiary/aromatic N) is 1. The fraction of sp³-hybridized carbons (Fsp3) is 0.143. The predicted octanol–water partition coefficient (Wildman–Crippen LogP) is 0.983. The standard InChI is InChI=1S/C6H5NO2.CH3.Na/c8-6(9)5-2-1-3-7-4-5;;/h1-4H,(H,8,9);1H3;. The minimum absolute atomic E-state index is 0.220. The van der Waals surface area contributed by atoms with Crippen LogP contribution in [0, 0.1) is 0 Å². The molecule has 0 unspecified atom stereocenters. The van der Waals surface area contributed by atoms with Crippen LogP contribution in [0.5, 0.6) is 0 Å². The van der Waals surface area contributed by atoms with Crippen molar-refractivity contribution in [2.24, 2.45) is 0 Å². The molecule has 1 aromatic heterocycles. The molecule has 3 nitrogen and oxygen atoms in total. The quantitative estimate of drug-likeness (QED) is 0.624. The summed E-state index contributed by atoms with van der Waals surface area (Å²) in [5, 5.41) is 8.34. The summed E-state index contributed by atoms with van der Waals surface area (Å²) in [5.41, 5.74) is 0.220. The number of hydrogen-bond acceptors (Lipinski definition) is 2. The molecule has 0 bridgehead atoms. The van der Waals surface area contributed by atoms with Gasteiger partial charge in [0.05, 0.1) is 5.56 Å². The Morgan fingerprint density at radius 3 is 2.55 bits per heavy atom. The molecule has 1 heterocycles. The Kier molecular flexibility index (Phi) is 6.12. The Labute approximate surface area is 82.9 Å². The van der Waals surface area contributed by atoms with Crippen LogP contribution in [0.15, 0.2) is 24.5 Å². The molecule has 0 aliphatic carbocycles. The van der Waals surface area contributed by atoms with Crippen molar-refractivity contribution in [2.45, 2.75) is 4.17 Å². The van der Waals surface area contributed by atoms with E-state index in [0.717, 1.165) is 0 Å². The molecule has 1 N–H and O–H groups in total. The Balaban J connectivity index is 0.000000461. The van der Waals surface area contributed by atoms with Crippen molar-refractivity contribution >= 4 is 33.9 Å². The van der Waals surface area contributed by atoms with Gasteiger partial charge in [0.15, 0.2) is 0 Å². The molecule has 0 atom stereocenters. The van der Waals surface area contributed by atoms with Crippen molar-refractivity contribution in [1.29, 1.82) is 0 Å². The minimum atomic E-state index is -0.942. The molecule has 0 fully saturated rings. The second kappa shape index (κ2) is 6.34. The maximum atomic E-state index is 10.2. The van der Waals surface area contributed by atoms with Gasteiger partial charge in [-0.05, 0) is 12.1 Å². The molecule has 0 spiro atoms. The average molecular weight is 161 g/mol. The molecular weight excluding hydrogens is 153 g/mol. The van der Waals surface area contributed by atoms with E-state index in [2.05, 4.69) is 9.16 Å². The van der Waals surface area contributed by atoms with Crippen LogP contribution in [-0.2, 0) is 0 Å². The molecule has 0 saturated heterocycles. The molecule has 11 heavy (non-hydrogen) atoms. The zero-order valence-electron chi connectivity index (χ0n) is 6.61. The van der Waals surface area contributed by atoms with Crippen molar-refractivity contribution in [1.82, 2.24) is 4.98 Å². The summed E-state index contributed by atoms with van der Waals surface area (Å²) in [6, 6.07) is 3.08. The summed E-state index contributed by atoms with van der Waals surface area (Å²) >= 11 is 1.31. The molecule has 0 saturated carbocycles. The van der Waals surface area contributed by atoms with Gasteiger partial charge in [-0.15, -0.1) is 0 Å². The first-order valence-electron chi connectivity index (χ1n) is 3.44. The molecule has 1 rings (SSSR count). The van der Waals surface area contributed by atoms with Crippen LogP contribution in [0.4, 0.5) is 0 Å². The van der Waals surface area contributed by atoms with E-state index in [0.29, 0.717) is 0 Å². The molecule has 0 radical (unpaired) electrons. The van der Waals surface area contributed by atoms with E-state index in [9.17, 15) is 4.79 Å². The molecule has 54 valence electrons. The second-order valence-electron chi connectivity index (χ2n) is 1.55. The maximum absolute atomic E-state index is 10.2. The van der Waals surface area contributed by atoms with Gasteiger partial charge in [-0.25, -0.2) is 4.79 Å². The molecule has 0 aliphatic heterocycles. The van der Waals surface area contributed by atoms with Gasteiger partial charge in [-0.2, -0.15) is 0 Å². The first-order chi connectivity index (χ1) is 5.30. The number of aromatic carboxylic acids is 1. The molecule has 0 aliphatic rings. The van der Waals surface area contributed by atoms with E-state index in [1.54, 1.807) is 6.07 Å². The number of carbonyl (C=O) groups is 1. The monoisotopic (exact) mass is 161 g/mol. The fourth-order valence-corrected chi connectivity index (χ4v) is 0.489. The number of carboxylic acids is 1. The van der Waals surface area contributed by atoms with Crippen LogP contribution in [0.2, 0.25) is 4.17 Å². The molecule has 0 aromatic carbocycles. The van der Waals surface area contributed by atoms with Crippen molar-refractivity contribution in [3.05, 3.63) is 30.1 Å². The van der Waals surface area contributed by atoms with Crippen molar-refractivity contribution in [2.75, 3.05) is 0 Å². The third kappa shape index (κ3) is 4.14.